The number of alkyl halides is 1. The third-order valence-corrected chi connectivity index (χ3v) is 2.17. The highest BCUT2D eigenvalue weighted by Crippen LogP contribution is 2.09. The van der Waals surface area contributed by atoms with Gasteiger partial charge in [0, 0.05) is 18.3 Å². The molecule has 2 rings (SSSR count). The van der Waals surface area contributed by atoms with Gasteiger partial charge in [-0.25, -0.2) is 4.68 Å². The summed E-state index contributed by atoms with van der Waals surface area (Å²) >= 11 is 5.68. The molecule has 2 nitrogen and oxygen atoms in total. The van der Waals surface area contributed by atoms with E-state index in [-0.39, 0.29) is 12.4 Å². The van der Waals surface area contributed by atoms with Crippen molar-refractivity contribution in [3.8, 4) is 5.69 Å². The molecular formula is C10H10Cl2N2. The van der Waals surface area contributed by atoms with Crippen LogP contribution in [0.4, 0.5) is 0 Å². The van der Waals surface area contributed by atoms with Gasteiger partial charge in [0.2, 0.25) is 0 Å². The molecule has 0 atom stereocenters. The smallest absolute Gasteiger partial charge is 0.0645 e. The number of halogens is 2. The lowest BCUT2D eigenvalue weighted by Crippen LogP contribution is -1.93. The van der Waals surface area contributed by atoms with Crippen LogP contribution >= 0.6 is 24.0 Å². The summed E-state index contributed by atoms with van der Waals surface area (Å²) in [5, 5.41) is 4.13. The Morgan fingerprint density at radius 3 is 2.43 bits per heavy atom. The molecule has 1 aromatic heterocycles. The Kier molecular flexibility index (Phi) is 3.98. The van der Waals surface area contributed by atoms with Gasteiger partial charge in [0.25, 0.3) is 0 Å². The fourth-order valence-electron chi connectivity index (χ4n) is 1.16. The highest BCUT2D eigenvalue weighted by molar-refractivity contribution is 6.17. The molecule has 14 heavy (non-hydrogen) atoms. The van der Waals surface area contributed by atoms with Crippen molar-refractivity contribution in [2.45, 2.75) is 5.88 Å². The summed E-state index contributed by atoms with van der Waals surface area (Å²) in [6.07, 6.45) is 3.67. The molecule has 0 aliphatic heterocycles. The van der Waals surface area contributed by atoms with E-state index in [4.69, 9.17) is 11.6 Å². The Morgan fingerprint density at radius 2 is 1.93 bits per heavy atom. The molecule has 0 saturated carbocycles. The second kappa shape index (κ2) is 5.03. The number of rotatable bonds is 2. The first-order valence-corrected chi connectivity index (χ1v) is 4.58. The standard InChI is InChI=1S/C10H9ClN2.ClH/c11-8-9-2-4-10(5-3-9)13-7-1-6-12-13;/h1-7H,8H2;1H. The third-order valence-electron chi connectivity index (χ3n) is 1.86. The Morgan fingerprint density at radius 1 is 1.21 bits per heavy atom. The predicted octanol–water partition coefficient (Wildman–Crippen LogP) is 3.03. The molecule has 74 valence electrons. The molecule has 1 aromatic carbocycles. The van der Waals surface area contributed by atoms with Crippen molar-refractivity contribution in [3.63, 3.8) is 0 Å². The minimum atomic E-state index is 0. The van der Waals surface area contributed by atoms with Crippen LogP contribution in [0, 0.1) is 0 Å². The van der Waals surface area contributed by atoms with Gasteiger partial charge in [-0.2, -0.15) is 5.10 Å². The van der Waals surface area contributed by atoms with E-state index in [0.717, 1.165) is 11.3 Å². The molecule has 0 N–H and O–H groups in total. The van der Waals surface area contributed by atoms with Crippen LogP contribution in [0.5, 0.6) is 0 Å². The molecule has 0 spiro atoms. The molecule has 0 fully saturated rings. The number of aromatic nitrogens is 2. The van der Waals surface area contributed by atoms with Crippen LogP contribution in [0.2, 0.25) is 0 Å². The maximum atomic E-state index is 5.68. The van der Waals surface area contributed by atoms with E-state index in [2.05, 4.69) is 5.10 Å². The zero-order valence-corrected chi connectivity index (χ0v) is 9.00. The summed E-state index contributed by atoms with van der Waals surface area (Å²) in [5.41, 5.74) is 2.18. The molecule has 1 heterocycles. The summed E-state index contributed by atoms with van der Waals surface area (Å²) < 4.78 is 1.82. The first-order valence-electron chi connectivity index (χ1n) is 4.05. The monoisotopic (exact) mass is 228 g/mol. The van der Waals surface area contributed by atoms with E-state index < -0.39 is 0 Å². The molecule has 0 radical (unpaired) electrons. The van der Waals surface area contributed by atoms with E-state index in [1.54, 1.807) is 6.20 Å². The van der Waals surface area contributed by atoms with Crippen LogP contribution in [-0.2, 0) is 5.88 Å². The highest BCUT2D eigenvalue weighted by Gasteiger charge is 1.95. The quantitative estimate of drug-likeness (QED) is 0.723. The van der Waals surface area contributed by atoms with Crippen LogP contribution in [0.3, 0.4) is 0 Å². The van der Waals surface area contributed by atoms with Gasteiger partial charge in [-0.15, -0.1) is 24.0 Å². The number of hydrogen-bond acceptors (Lipinski definition) is 1. The van der Waals surface area contributed by atoms with Crippen LogP contribution in [0.15, 0.2) is 42.7 Å². The fourth-order valence-corrected chi connectivity index (χ4v) is 1.34. The molecule has 0 bridgehead atoms. The molecule has 4 heteroatoms. The van der Waals surface area contributed by atoms with E-state index in [1.165, 1.54) is 0 Å². The number of benzene rings is 1. The summed E-state index contributed by atoms with van der Waals surface area (Å²) in [4.78, 5) is 0. The van der Waals surface area contributed by atoms with Crippen LogP contribution in [-0.4, -0.2) is 9.78 Å². The minimum absolute atomic E-state index is 0. The van der Waals surface area contributed by atoms with Crippen molar-refractivity contribution in [2.75, 3.05) is 0 Å². The number of nitrogens with zero attached hydrogens (tertiary/aromatic N) is 2. The lowest BCUT2D eigenvalue weighted by atomic mass is 10.2. The third kappa shape index (κ3) is 2.28. The minimum Gasteiger partial charge on any atom is -0.241 e. The average molecular weight is 229 g/mol. The lowest BCUT2D eigenvalue weighted by molar-refractivity contribution is 0.880. The molecule has 0 unspecified atom stereocenters. The highest BCUT2D eigenvalue weighted by atomic mass is 35.5. The van der Waals surface area contributed by atoms with Gasteiger partial charge >= 0.3 is 0 Å². The first kappa shape index (κ1) is 11.1. The van der Waals surface area contributed by atoms with Crippen molar-refractivity contribution in [1.29, 1.82) is 0 Å². The summed E-state index contributed by atoms with van der Waals surface area (Å²) in [7, 11) is 0. The zero-order valence-electron chi connectivity index (χ0n) is 7.43. The van der Waals surface area contributed by atoms with Gasteiger partial charge in [0.05, 0.1) is 5.69 Å². The van der Waals surface area contributed by atoms with Crippen molar-refractivity contribution in [3.05, 3.63) is 48.3 Å². The molecule has 0 saturated heterocycles. The molecular weight excluding hydrogens is 219 g/mol. The maximum Gasteiger partial charge on any atom is 0.0645 e. The van der Waals surface area contributed by atoms with Gasteiger partial charge in [-0.1, -0.05) is 12.1 Å². The summed E-state index contributed by atoms with van der Waals surface area (Å²) in [5.74, 6) is 0.555. The van der Waals surface area contributed by atoms with Gasteiger partial charge in [0.1, 0.15) is 0 Å². The molecule has 0 amide bonds. The second-order valence-corrected chi connectivity index (χ2v) is 3.02. The largest absolute Gasteiger partial charge is 0.241 e. The van der Waals surface area contributed by atoms with Crippen LogP contribution in [0.1, 0.15) is 5.56 Å². The van der Waals surface area contributed by atoms with Gasteiger partial charge < -0.3 is 0 Å². The Bertz CT molecular complexity index is 368. The fraction of sp³-hybridized carbons (Fsp3) is 0.100. The van der Waals surface area contributed by atoms with Crippen molar-refractivity contribution >= 4 is 24.0 Å². The van der Waals surface area contributed by atoms with Crippen molar-refractivity contribution in [1.82, 2.24) is 9.78 Å². The molecule has 2 aromatic rings. The predicted molar refractivity (Wildman–Crippen MR) is 60.4 cm³/mol. The molecule has 0 aliphatic carbocycles. The zero-order chi connectivity index (χ0) is 9.10. The van der Waals surface area contributed by atoms with Crippen LogP contribution < -0.4 is 0 Å². The Balaban J connectivity index is 0.000000980. The SMILES string of the molecule is Cl.ClCc1ccc(-n2cccn2)cc1. The topological polar surface area (TPSA) is 17.8 Å². The first-order chi connectivity index (χ1) is 6.40. The van der Waals surface area contributed by atoms with Crippen LogP contribution in [0.25, 0.3) is 5.69 Å². The van der Waals surface area contributed by atoms with E-state index in [1.807, 2.05) is 41.2 Å². The van der Waals surface area contributed by atoms with E-state index >= 15 is 0 Å². The van der Waals surface area contributed by atoms with Crippen molar-refractivity contribution in [2.24, 2.45) is 0 Å². The maximum absolute atomic E-state index is 5.68. The Labute approximate surface area is 93.9 Å². The summed E-state index contributed by atoms with van der Waals surface area (Å²) in [6, 6.07) is 9.92. The summed E-state index contributed by atoms with van der Waals surface area (Å²) in [6.45, 7) is 0. The number of hydrogen-bond donors (Lipinski definition) is 0. The second-order valence-electron chi connectivity index (χ2n) is 2.75. The van der Waals surface area contributed by atoms with Gasteiger partial charge in [-0.3, -0.25) is 0 Å². The van der Waals surface area contributed by atoms with Gasteiger partial charge in [-0.05, 0) is 23.8 Å². The van der Waals surface area contributed by atoms with Gasteiger partial charge in [0.15, 0.2) is 0 Å². The normalized spacial score (nSPS) is 9.50. The average Bonchev–Trinajstić information content (AvgIpc) is 2.71. The molecule has 0 aliphatic rings. The Hall–Kier alpha value is -0.990. The van der Waals surface area contributed by atoms with E-state index in [0.29, 0.717) is 5.88 Å². The lowest BCUT2D eigenvalue weighted by Gasteiger charge is -2.01. The van der Waals surface area contributed by atoms with Crippen molar-refractivity contribution < 1.29 is 0 Å². The van der Waals surface area contributed by atoms with E-state index in [9.17, 15) is 0 Å².